The van der Waals surface area contributed by atoms with E-state index in [-0.39, 0.29) is 11.8 Å². The van der Waals surface area contributed by atoms with Gasteiger partial charge in [0.2, 0.25) is 0 Å². The molecule has 1 atom stereocenters. The molecule has 0 aliphatic rings. The fraction of sp³-hybridized carbons (Fsp3) is 0.188. The van der Waals surface area contributed by atoms with E-state index in [0.717, 1.165) is 0 Å². The molecule has 2 aromatic rings. The maximum atomic E-state index is 13.0. The summed E-state index contributed by atoms with van der Waals surface area (Å²) in [5, 5.41) is 9.75. The SMILES string of the molecule is Cc1cc(F)ccc1Oc1ccc(/C=C/C(C)N(O)C(N)=O)o1. The number of carbonyl (C=O) groups is 1. The van der Waals surface area contributed by atoms with Crippen LogP contribution in [0.2, 0.25) is 0 Å². The largest absolute Gasteiger partial charge is 0.426 e. The number of amides is 2. The van der Waals surface area contributed by atoms with Crippen LogP contribution in [0.4, 0.5) is 9.18 Å². The number of nitrogens with two attached hydrogens (primary N) is 1. The molecule has 0 bridgehead atoms. The molecule has 1 aromatic heterocycles. The monoisotopic (exact) mass is 320 g/mol. The number of carbonyl (C=O) groups excluding carboxylic acids is 1. The molecule has 2 amide bonds. The van der Waals surface area contributed by atoms with Gasteiger partial charge in [0.25, 0.3) is 5.95 Å². The molecule has 0 spiro atoms. The summed E-state index contributed by atoms with van der Waals surface area (Å²) in [6.07, 6.45) is 3.11. The number of urea groups is 1. The molecule has 122 valence electrons. The van der Waals surface area contributed by atoms with Gasteiger partial charge in [-0.3, -0.25) is 5.21 Å². The molecule has 0 radical (unpaired) electrons. The number of ether oxygens (including phenoxy) is 1. The Balaban J connectivity index is 2.04. The van der Waals surface area contributed by atoms with Crippen molar-refractivity contribution < 1.29 is 23.5 Å². The van der Waals surface area contributed by atoms with Crippen molar-refractivity contribution in [1.82, 2.24) is 5.06 Å². The molecule has 0 aliphatic heterocycles. The number of halogens is 1. The molecule has 1 heterocycles. The van der Waals surface area contributed by atoms with Crippen molar-refractivity contribution in [3.63, 3.8) is 0 Å². The normalized spacial score (nSPS) is 12.3. The summed E-state index contributed by atoms with van der Waals surface area (Å²) in [7, 11) is 0. The van der Waals surface area contributed by atoms with E-state index in [9.17, 15) is 14.4 Å². The van der Waals surface area contributed by atoms with E-state index in [1.54, 1.807) is 32.1 Å². The number of rotatable bonds is 5. The minimum absolute atomic E-state index is 0.239. The molecule has 3 N–H and O–H groups in total. The number of aryl methyl sites for hydroxylation is 1. The summed E-state index contributed by atoms with van der Waals surface area (Å²) in [5.74, 6) is 0.849. The van der Waals surface area contributed by atoms with Crippen molar-refractivity contribution >= 4 is 12.1 Å². The van der Waals surface area contributed by atoms with Gasteiger partial charge in [-0.1, -0.05) is 6.08 Å². The van der Waals surface area contributed by atoms with Crippen molar-refractivity contribution in [3.05, 3.63) is 53.5 Å². The Hall–Kier alpha value is -2.80. The second-order valence-corrected chi connectivity index (χ2v) is 4.95. The summed E-state index contributed by atoms with van der Waals surface area (Å²) in [4.78, 5) is 10.8. The van der Waals surface area contributed by atoms with Crippen LogP contribution in [0, 0.1) is 12.7 Å². The molecule has 0 saturated heterocycles. The highest BCUT2D eigenvalue weighted by Gasteiger charge is 2.12. The van der Waals surface area contributed by atoms with Gasteiger partial charge < -0.3 is 14.9 Å². The fourth-order valence-electron chi connectivity index (χ4n) is 1.83. The molecule has 2 rings (SSSR count). The highest BCUT2D eigenvalue weighted by Crippen LogP contribution is 2.27. The molecular formula is C16H17FN2O4. The first-order valence-corrected chi connectivity index (χ1v) is 6.86. The molecule has 23 heavy (non-hydrogen) atoms. The lowest BCUT2D eigenvalue weighted by atomic mass is 10.2. The number of hydroxylamine groups is 2. The Morgan fingerprint density at radius 2 is 2.17 bits per heavy atom. The van der Waals surface area contributed by atoms with Crippen LogP contribution in [0.1, 0.15) is 18.2 Å². The van der Waals surface area contributed by atoms with Gasteiger partial charge in [0.15, 0.2) is 0 Å². The summed E-state index contributed by atoms with van der Waals surface area (Å²) in [6, 6.07) is 5.88. The number of nitrogens with zero attached hydrogens (tertiary/aromatic N) is 1. The Kier molecular flexibility index (Phi) is 5.02. The van der Waals surface area contributed by atoms with Crippen LogP contribution >= 0.6 is 0 Å². The lowest BCUT2D eigenvalue weighted by Crippen LogP contribution is -2.38. The Labute approximate surface area is 132 Å². The number of primary amides is 1. The summed E-state index contributed by atoms with van der Waals surface area (Å²) < 4.78 is 24.0. The van der Waals surface area contributed by atoms with Gasteiger partial charge in [0.1, 0.15) is 17.3 Å². The predicted molar refractivity (Wildman–Crippen MR) is 81.6 cm³/mol. The van der Waals surface area contributed by atoms with Crippen LogP contribution in [0.15, 0.2) is 40.8 Å². The lowest BCUT2D eigenvalue weighted by molar-refractivity contribution is -0.0560. The minimum Gasteiger partial charge on any atom is -0.426 e. The average molecular weight is 320 g/mol. The number of benzene rings is 1. The molecule has 1 aromatic carbocycles. The van der Waals surface area contributed by atoms with Gasteiger partial charge in [0, 0.05) is 6.07 Å². The molecule has 0 aliphatic carbocycles. The maximum absolute atomic E-state index is 13.0. The molecule has 0 saturated carbocycles. The van der Waals surface area contributed by atoms with Crippen molar-refractivity contribution in [2.75, 3.05) is 0 Å². The molecular weight excluding hydrogens is 303 g/mol. The smallest absolute Gasteiger partial charge is 0.339 e. The number of hydrogen-bond donors (Lipinski definition) is 2. The first kappa shape index (κ1) is 16.6. The topological polar surface area (TPSA) is 88.9 Å². The Morgan fingerprint density at radius 3 is 2.83 bits per heavy atom. The Morgan fingerprint density at radius 1 is 1.43 bits per heavy atom. The summed E-state index contributed by atoms with van der Waals surface area (Å²) in [6.45, 7) is 3.31. The first-order chi connectivity index (χ1) is 10.9. The molecule has 1 unspecified atom stereocenters. The van der Waals surface area contributed by atoms with Gasteiger partial charge in [-0.15, -0.1) is 0 Å². The second kappa shape index (κ2) is 6.97. The third-order valence-corrected chi connectivity index (χ3v) is 3.10. The van der Waals surface area contributed by atoms with Crippen LogP contribution in [0.25, 0.3) is 6.08 Å². The standard InChI is InChI=1S/C16H17FN2O4/c1-10-9-12(17)4-7-14(10)23-15-8-6-13(22-15)5-3-11(2)19(21)16(18)20/h3-9,11,21H,1-2H3,(H2,18,20)/b5-3+. The Bertz CT molecular complexity index is 727. The summed E-state index contributed by atoms with van der Waals surface area (Å²) in [5.41, 5.74) is 5.60. The van der Waals surface area contributed by atoms with Gasteiger partial charge >= 0.3 is 6.03 Å². The van der Waals surface area contributed by atoms with Crippen LogP contribution < -0.4 is 10.5 Å². The number of hydrogen-bond acceptors (Lipinski definition) is 4. The second-order valence-electron chi connectivity index (χ2n) is 4.95. The van der Waals surface area contributed by atoms with E-state index < -0.39 is 12.1 Å². The van der Waals surface area contributed by atoms with Crippen molar-refractivity contribution in [1.29, 1.82) is 0 Å². The molecule has 0 fully saturated rings. The van der Waals surface area contributed by atoms with E-state index in [4.69, 9.17) is 14.9 Å². The van der Waals surface area contributed by atoms with E-state index in [1.807, 2.05) is 0 Å². The summed E-state index contributed by atoms with van der Waals surface area (Å²) >= 11 is 0. The van der Waals surface area contributed by atoms with Crippen LogP contribution in [0.3, 0.4) is 0 Å². The van der Waals surface area contributed by atoms with E-state index in [2.05, 4.69) is 0 Å². The van der Waals surface area contributed by atoms with E-state index in [1.165, 1.54) is 24.3 Å². The average Bonchev–Trinajstić information content (AvgIpc) is 2.94. The number of furan rings is 1. The van der Waals surface area contributed by atoms with Crippen molar-refractivity contribution in [2.45, 2.75) is 19.9 Å². The van der Waals surface area contributed by atoms with Gasteiger partial charge in [-0.2, -0.15) is 5.06 Å². The van der Waals surface area contributed by atoms with Crippen LogP contribution in [0.5, 0.6) is 11.7 Å². The van der Waals surface area contributed by atoms with Crippen molar-refractivity contribution in [2.24, 2.45) is 5.73 Å². The third kappa shape index (κ3) is 4.33. The minimum atomic E-state index is -0.947. The van der Waals surface area contributed by atoms with Gasteiger partial charge in [0.05, 0.1) is 6.04 Å². The fourth-order valence-corrected chi connectivity index (χ4v) is 1.83. The third-order valence-electron chi connectivity index (χ3n) is 3.10. The van der Waals surface area contributed by atoms with E-state index >= 15 is 0 Å². The van der Waals surface area contributed by atoms with E-state index in [0.29, 0.717) is 22.1 Å². The highest BCUT2D eigenvalue weighted by molar-refractivity contribution is 5.71. The quantitative estimate of drug-likeness (QED) is 0.649. The highest BCUT2D eigenvalue weighted by atomic mass is 19.1. The zero-order valence-corrected chi connectivity index (χ0v) is 12.7. The zero-order valence-electron chi connectivity index (χ0n) is 12.7. The lowest BCUT2D eigenvalue weighted by Gasteiger charge is -2.16. The van der Waals surface area contributed by atoms with Crippen LogP contribution in [-0.2, 0) is 0 Å². The molecule has 6 nitrogen and oxygen atoms in total. The zero-order chi connectivity index (χ0) is 17.0. The maximum Gasteiger partial charge on any atom is 0.339 e. The van der Waals surface area contributed by atoms with Gasteiger partial charge in [-0.25, -0.2) is 9.18 Å². The van der Waals surface area contributed by atoms with Crippen molar-refractivity contribution in [3.8, 4) is 11.7 Å². The predicted octanol–water partition coefficient (Wildman–Crippen LogP) is 3.69. The van der Waals surface area contributed by atoms with Gasteiger partial charge in [-0.05, 0) is 49.8 Å². The molecule has 7 heteroatoms. The first-order valence-electron chi connectivity index (χ1n) is 6.86. The van der Waals surface area contributed by atoms with Crippen LogP contribution in [-0.4, -0.2) is 22.3 Å².